The molecule has 1 saturated carbocycles. The highest BCUT2D eigenvalue weighted by Crippen LogP contribution is 2.28. The van der Waals surface area contributed by atoms with Gasteiger partial charge >= 0.3 is 12.0 Å². The van der Waals surface area contributed by atoms with Gasteiger partial charge in [-0.2, -0.15) is 5.10 Å². The lowest BCUT2D eigenvalue weighted by molar-refractivity contribution is -0.142. The maximum atomic E-state index is 12.5. The highest BCUT2D eigenvalue weighted by molar-refractivity contribution is 5.75. The first kappa shape index (κ1) is 17.8. The van der Waals surface area contributed by atoms with Crippen LogP contribution in [0.4, 0.5) is 4.79 Å². The van der Waals surface area contributed by atoms with E-state index in [1.807, 2.05) is 15.8 Å². The van der Waals surface area contributed by atoms with Crippen LogP contribution in [0.1, 0.15) is 57.1 Å². The van der Waals surface area contributed by atoms with Crippen molar-refractivity contribution < 1.29 is 14.7 Å². The van der Waals surface area contributed by atoms with Crippen LogP contribution in [0.2, 0.25) is 0 Å². The van der Waals surface area contributed by atoms with E-state index in [1.165, 1.54) is 5.69 Å². The summed E-state index contributed by atoms with van der Waals surface area (Å²) in [5.41, 5.74) is 1.27. The number of aliphatic carboxylic acids is 1. The van der Waals surface area contributed by atoms with Crippen molar-refractivity contribution in [2.45, 2.75) is 64.0 Å². The molecule has 3 rings (SSSR count). The Kier molecular flexibility index (Phi) is 5.60. The number of aryl methyl sites for hydroxylation is 1. The number of aromatic nitrogens is 2. The molecule has 2 heterocycles. The van der Waals surface area contributed by atoms with E-state index in [0.717, 1.165) is 45.3 Å². The number of hydrogen-bond acceptors (Lipinski definition) is 3. The van der Waals surface area contributed by atoms with E-state index in [1.54, 1.807) is 0 Å². The van der Waals surface area contributed by atoms with Gasteiger partial charge in [0.25, 0.3) is 0 Å². The number of rotatable bonds is 4. The molecule has 1 aliphatic heterocycles. The maximum Gasteiger partial charge on any atom is 0.317 e. The van der Waals surface area contributed by atoms with E-state index < -0.39 is 5.97 Å². The van der Waals surface area contributed by atoms with Crippen LogP contribution in [-0.4, -0.2) is 50.9 Å². The van der Waals surface area contributed by atoms with Gasteiger partial charge in [-0.05, 0) is 51.5 Å². The molecule has 2 N–H and O–H groups in total. The van der Waals surface area contributed by atoms with E-state index in [9.17, 15) is 9.59 Å². The largest absolute Gasteiger partial charge is 0.481 e. The van der Waals surface area contributed by atoms with Crippen LogP contribution in [0.25, 0.3) is 0 Å². The average molecular weight is 348 g/mol. The molecule has 7 heteroatoms. The highest BCUT2D eigenvalue weighted by Gasteiger charge is 2.29. The van der Waals surface area contributed by atoms with Crippen LogP contribution >= 0.6 is 0 Å². The minimum absolute atomic E-state index is 0.00113. The number of amides is 2. The third-order valence-electron chi connectivity index (χ3n) is 5.65. The van der Waals surface area contributed by atoms with Gasteiger partial charge in [0.2, 0.25) is 0 Å². The number of carbonyl (C=O) groups excluding carboxylic acids is 1. The lowest BCUT2D eigenvalue weighted by Gasteiger charge is -2.34. The van der Waals surface area contributed by atoms with Gasteiger partial charge in [-0.15, -0.1) is 0 Å². The SMILES string of the molecule is CCn1nccc1C1CCN(C(=O)NC2CCC(C(=O)O)CC2)CC1. The Morgan fingerprint density at radius 1 is 1.20 bits per heavy atom. The maximum absolute atomic E-state index is 12.5. The predicted octanol–water partition coefficient (Wildman–Crippen LogP) is 2.44. The number of nitrogens with zero attached hydrogens (tertiary/aromatic N) is 3. The number of urea groups is 1. The van der Waals surface area contributed by atoms with Crippen molar-refractivity contribution in [3.05, 3.63) is 18.0 Å². The van der Waals surface area contributed by atoms with E-state index in [4.69, 9.17) is 5.11 Å². The summed E-state index contributed by atoms with van der Waals surface area (Å²) in [5, 5.41) is 16.5. The Bertz CT molecular complexity index is 599. The second-order valence-corrected chi connectivity index (χ2v) is 7.17. The van der Waals surface area contributed by atoms with Crippen molar-refractivity contribution in [2.24, 2.45) is 5.92 Å². The van der Waals surface area contributed by atoms with Gasteiger partial charge in [0.1, 0.15) is 0 Å². The first-order chi connectivity index (χ1) is 12.1. The number of carboxylic acids is 1. The summed E-state index contributed by atoms with van der Waals surface area (Å²) in [6, 6.07) is 2.20. The summed E-state index contributed by atoms with van der Waals surface area (Å²) in [6.45, 7) is 4.49. The van der Waals surface area contributed by atoms with Crippen molar-refractivity contribution in [3.63, 3.8) is 0 Å². The molecular weight excluding hydrogens is 320 g/mol. The molecule has 1 aromatic rings. The van der Waals surface area contributed by atoms with Crippen molar-refractivity contribution in [1.29, 1.82) is 0 Å². The molecule has 138 valence electrons. The van der Waals surface area contributed by atoms with Crippen molar-refractivity contribution in [2.75, 3.05) is 13.1 Å². The van der Waals surface area contributed by atoms with Crippen molar-refractivity contribution in [1.82, 2.24) is 20.0 Å². The third kappa shape index (κ3) is 4.14. The fourth-order valence-corrected chi connectivity index (χ4v) is 4.08. The van der Waals surface area contributed by atoms with Gasteiger partial charge in [0, 0.05) is 43.5 Å². The molecule has 0 bridgehead atoms. The van der Waals surface area contributed by atoms with Gasteiger partial charge in [-0.1, -0.05) is 0 Å². The quantitative estimate of drug-likeness (QED) is 0.875. The minimum atomic E-state index is -0.710. The Balaban J connectivity index is 1.45. The second-order valence-electron chi connectivity index (χ2n) is 7.17. The summed E-state index contributed by atoms with van der Waals surface area (Å²) in [7, 11) is 0. The van der Waals surface area contributed by atoms with Crippen LogP contribution in [0.3, 0.4) is 0 Å². The number of carboxylic acid groups (broad SMARTS) is 1. The lowest BCUT2D eigenvalue weighted by atomic mass is 9.86. The average Bonchev–Trinajstić information content (AvgIpc) is 3.11. The molecule has 0 radical (unpaired) electrons. The van der Waals surface area contributed by atoms with Crippen LogP contribution < -0.4 is 5.32 Å². The zero-order chi connectivity index (χ0) is 17.8. The van der Waals surface area contributed by atoms with Gasteiger partial charge in [0.15, 0.2) is 0 Å². The van der Waals surface area contributed by atoms with E-state index >= 15 is 0 Å². The van der Waals surface area contributed by atoms with Crippen LogP contribution in [0.15, 0.2) is 12.3 Å². The number of likely N-dealkylation sites (tertiary alicyclic amines) is 1. The molecule has 2 amide bonds. The predicted molar refractivity (Wildman–Crippen MR) is 93.4 cm³/mol. The zero-order valence-corrected chi connectivity index (χ0v) is 14.9. The molecular formula is C18H28N4O3. The Morgan fingerprint density at radius 3 is 2.48 bits per heavy atom. The van der Waals surface area contributed by atoms with E-state index in [2.05, 4.69) is 23.4 Å². The number of hydrogen-bond donors (Lipinski definition) is 2. The van der Waals surface area contributed by atoms with Gasteiger partial charge in [-0.25, -0.2) is 4.79 Å². The monoisotopic (exact) mass is 348 g/mol. The van der Waals surface area contributed by atoms with Crippen LogP contribution in [-0.2, 0) is 11.3 Å². The van der Waals surface area contributed by atoms with Gasteiger partial charge in [0.05, 0.1) is 5.92 Å². The zero-order valence-electron chi connectivity index (χ0n) is 14.9. The van der Waals surface area contributed by atoms with Crippen molar-refractivity contribution >= 4 is 12.0 Å². The molecule has 1 aromatic heterocycles. The lowest BCUT2D eigenvalue weighted by Crippen LogP contribution is -2.48. The minimum Gasteiger partial charge on any atom is -0.481 e. The molecule has 0 aromatic carbocycles. The first-order valence-electron chi connectivity index (χ1n) is 9.38. The number of nitrogens with one attached hydrogen (secondary N) is 1. The summed E-state index contributed by atoms with van der Waals surface area (Å²) in [4.78, 5) is 25.4. The number of carbonyl (C=O) groups is 2. The molecule has 25 heavy (non-hydrogen) atoms. The topological polar surface area (TPSA) is 87.5 Å². The Morgan fingerprint density at radius 2 is 1.88 bits per heavy atom. The molecule has 2 fully saturated rings. The summed E-state index contributed by atoms with van der Waals surface area (Å²) in [5.74, 6) is -0.483. The Labute approximate surface area is 148 Å². The fourth-order valence-electron chi connectivity index (χ4n) is 4.08. The summed E-state index contributed by atoms with van der Waals surface area (Å²) < 4.78 is 2.04. The van der Waals surface area contributed by atoms with E-state index in [0.29, 0.717) is 18.8 Å². The molecule has 0 spiro atoms. The van der Waals surface area contributed by atoms with Crippen LogP contribution in [0, 0.1) is 5.92 Å². The standard InChI is InChI=1S/C18H28N4O3/c1-2-22-16(7-10-19-22)13-8-11-21(12-9-13)18(25)20-15-5-3-14(4-6-15)17(23)24/h7,10,13-15H,2-6,8-9,11-12H2,1H3,(H,20,25)(H,23,24). The molecule has 7 nitrogen and oxygen atoms in total. The summed E-state index contributed by atoms with van der Waals surface area (Å²) in [6.07, 6.45) is 6.61. The molecule has 0 atom stereocenters. The Hall–Kier alpha value is -2.05. The summed E-state index contributed by atoms with van der Waals surface area (Å²) >= 11 is 0. The molecule has 1 saturated heterocycles. The normalized spacial score (nSPS) is 24.9. The van der Waals surface area contributed by atoms with E-state index in [-0.39, 0.29) is 18.0 Å². The smallest absolute Gasteiger partial charge is 0.317 e. The molecule has 2 aliphatic rings. The van der Waals surface area contributed by atoms with Gasteiger partial charge < -0.3 is 15.3 Å². The van der Waals surface area contributed by atoms with Crippen molar-refractivity contribution in [3.8, 4) is 0 Å². The molecule has 0 unspecified atom stereocenters. The fraction of sp³-hybridized carbons (Fsp3) is 0.722. The highest BCUT2D eigenvalue weighted by atomic mass is 16.4. The molecule has 1 aliphatic carbocycles. The van der Waals surface area contributed by atoms with Crippen LogP contribution in [0.5, 0.6) is 0 Å². The third-order valence-corrected chi connectivity index (χ3v) is 5.65. The second kappa shape index (κ2) is 7.89. The van der Waals surface area contributed by atoms with Gasteiger partial charge in [-0.3, -0.25) is 9.48 Å². The first-order valence-corrected chi connectivity index (χ1v) is 9.38. The number of piperidine rings is 1.